The molecule has 1 heterocycles. The molecular weight excluding hydrogens is 236 g/mol. The zero-order valence-corrected chi connectivity index (χ0v) is 10.8. The normalized spacial score (nSPS) is 10.0. The van der Waals surface area contributed by atoms with Crippen LogP contribution >= 0.6 is 0 Å². The monoisotopic (exact) mass is 252 g/mol. The number of aromatic hydroxyl groups is 2. The lowest BCUT2D eigenvalue weighted by Gasteiger charge is -2.08. The Morgan fingerprint density at radius 1 is 0.833 bits per heavy atom. The predicted octanol–water partition coefficient (Wildman–Crippen LogP) is 0.675. The first-order valence-electron chi connectivity index (χ1n) is 5.55. The van der Waals surface area contributed by atoms with Gasteiger partial charge in [-0.3, -0.25) is 19.0 Å². The van der Waals surface area contributed by atoms with Gasteiger partial charge in [0, 0.05) is 14.1 Å². The van der Waals surface area contributed by atoms with E-state index in [0.717, 1.165) is 21.5 Å². The molecule has 2 aromatic rings. The summed E-state index contributed by atoms with van der Waals surface area (Å²) in [6.07, 6.45) is 0. The molecule has 0 amide bonds. The average Bonchev–Trinajstić information content (AvgIpc) is 2.38. The van der Waals surface area contributed by atoms with E-state index < -0.39 is 22.6 Å². The number of nitrogens with zero attached hydrogens (tertiary/aromatic N) is 2. The number of rotatable bonds is 0. The minimum absolute atomic E-state index is 0.0842. The first-order chi connectivity index (χ1) is 8.43. The van der Waals surface area contributed by atoms with Gasteiger partial charge >= 0.3 is 0 Å². The van der Waals surface area contributed by atoms with Crippen molar-refractivity contribution in [3.05, 3.63) is 32.8 Å². The van der Waals surface area contributed by atoms with Gasteiger partial charge < -0.3 is 10.2 Å². The molecule has 1 aromatic carbocycles. The molecule has 0 bridgehead atoms. The third kappa shape index (κ3) is 1.97. The smallest absolute Gasteiger partial charge is 0.273 e. The Morgan fingerprint density at radius 2 is 1.11 bits per heavy atom. The maximum atomic E-state index is 11.8. The molecule has 0 atom stereocenters. The third-order valence-electron chi connectivity index (χ3n) is 2.61. The predicted molar refractivity (Wildman–Crippen MR) is 69.1 cm³/mol. The maximum absolute atomic E-state index is 11.8. The molecule has 0 radical (unpaired) electrons. The molecule has 18 heavy (non-hydrogen) atoms. The molecule has 6 nitrogen and oxygen atoms in total. The van der Waals surface area contributed by atoms with Crippen molar-refractivity contribution in [3.8, 4) is 11.5 Å². The zero-order chi connectivity index (χ0) is 14.0. The van der Waals surface area contributed by atoms with E-state index in [9.17, 15) is 19.8 Å². The summed E-state index contributed by atoms with van der Waals surface area (Å²) in [5.41, 5.74) is -0.820. The molecule has 0 saturated heterocycles. The van der Waals surface area contributed by atoms with E-state index in [1.807, 2.05) is 13.8 Å². The summed E-state index contributed by atoms with van der Waals surface area (Å²) in [7, 11) is 2.90. The van der Waals surface area contributed by atoms with Crippen molar-refractivity contribution in [2.75, 3.05) is 0 Å². The van der Waals surface area contributed by atoms with Gasteiger partial charge in [-0.2, -0.15) is 0 Å². The number of fused-ring (bicyclic) bond motifs is 1. The van der Waals surface area contributed by atoms with Gasteiger partial charge in [-0.25, -0.2) is 0 Å². The quantitative estimate of drug-likeness (QED) is 0.675. The first kappa shape index (κ1) is 13.8. The van der Waals surface area contributed by atoms with Gasteiger partial charge in [0.15, 0.2) is 11.5 Å². The van der Waals surface area contributed by atoms with Crippen LogP contribution in [-0.2, 0) is 14.1 Å². The number of aromatic nitrogens is 2. The number of benzene rings is 1. The van der Waals surface area contributed by atoms with Crippen molar-refractivity contribution in [3.63, 3.8) is 0 Å². The lowest BCUT2D eigenvalue weighted by molar-refractivity contribution is 0.404. The molecule has 98 valence electrons. The highest BCUT2D eigenvalue weighted by Gasteiger charge is 2.11. The summed E-state index contributed by atoms with van der Waals surface area (Å²) < 4.78 is 2.28. The largest absolute Gasteiger partial charge is 0.504 e. The summed E-state index contributed by atoms with van der Waals surface area (Å²) in [4.78, 5) is 23.6. The standard InChI is InChI=1S/C10H10N2O4.C2H6/c1-11-9(15)5-3-7(13)8(14)4-6(5)10(16)12(11)2;1-2/h3-4,13-14H,1-2H3;1-2H3. The van der Waals surface area contributed by atoms with Crippen LogP contribution in [0.3, 0.4) is 0 Å². The summed E-state index contributed by atoms with van der Waals surface area (Å²) in [6.45, 7) is 4.00. The number of phenolic OH excluding ortho intramolecular Hbond substituents is 2. The molecule has 0 unspecified atom stereocenters. The Hall–Kier alpha value is -2.24. The molecule has 0 aliphatic heterocycles. The fraction of sp³-hybridized carbons (Fsp3) is 0.333. The van der Waals surface area contributed by atoms with Gasteiger partial charge in [-0.15, -0.1) is 0 Å². The fourth-order valence-electron chi connectivity index (χ4n) is 1.55. The average molecular weight is 252 g/mol. The summed E-state index contributed by atoms with van der Waals surface area (Å²) in [5, 5.41) is 18.7. The van der Waals surface area contributed by atoms with Crippen LogP contribution in [0.2, 0.25) is 0 Å². The van der Waals surface area contributed by atoms with E-state index in [1.54, 1.807) is 0 Å². The molecule has 0 spiro atoms. The SMILES string of the molecule is CC.Cn1c(=O)c2cc(O)c(O)cc2c(=O)n1C. The van der Waals surface area contributed by atoms with Gasteiger partial charge in [-0.1, -0.05) is 13.8 Å². The van der Waals surface area contributed by atoms with Crippen LogP contribution in [0.5, 0.6) is 11.5 Å². The Morgan fingerprint density at radius 3 is 1.39 bits per heavy atom. The van der Waals surface area contributed by atoms with Crippen molar-refractivity contribution in [1.29, 1.82) is 0 Å². The van der Waals surface area contributed by atoms with E-state index in [2.05, 4.69) is 0 Å². The van der Waals surface area contributed by atoms with Crippen molar-refractivity contribution in [2.45, 2.75) is 13.8 Å². The lowest BCUT2D eigenvalue weighted by atomic mass is 10.1. The second kappa shape index (κ2) is 4.95. The topological polar surface area (TPSA) is 84.5 Å². The highest BCUT2D eigenvalue weighted by Crippen LogP contribution is 2.26. The Balaban J connectivity index is 0.000000771. The highest BCUT2D eigenvalue weighted by atomic mass is 16.3. The van der Waals surface area contributed by atoms with Crippen LogP contribution in [-0.4, -0.2) is 19.6 Å². The minimum atomic E-state index is -0.419. The Bertz CT molecular complexity index is 637. The van der Waals surface area contributed by atoms with Gasteiger partial charge in [0.25, 0.3) is 11.1 Å². The minimum Gasteiger partial charge on any atom is -0.504 e. The molecule has 1 aromatic heterocycles. The molecule has 2 rings (SSSR count). The summed E-state index contributed by atoms with van der Waals surface area (Å²) in [6, 6.07) is 2.18. The van der Waals surface area contributed by atoms with E-state index in [-0.39, 0.29) is 10.8 Å². The molecule has 0 fully saturated rings. The Kier molecular flexibility index (Phi) is 3.80. The van der Waals surface area contributed by atoms with Crippen LogP contribution in [0.15, 0.2) is 21.7 Å². The van der Waals surface area contributed by atoms with E-state index in [1.165, 1.54) is 14.1 Å². The van der Waals surface area contributed by atoms with Gasteiger partial charge in [0.05, 0.1) is 10.8 Å². The number of hydrogen-bond acceptors (Lipinski definition) is 4. The molecule has 6 heteroatoms. The van der Waals surface area contributed by atoms with Gasteiger partial charge in [-0.05, 0) is 12.1 Å². The molecular formula is C12H16N2O4. The van der Waals surface area contributed by atoms with Crippen LogP contribution in [0.1, 0.15) is 13.8 Å². The van der Waals surface area contributed by atoms with Crippen LogP contribution in [0.4, 0.5) is 0 Å². The van der Waals surface area contributed by atoms with Crippen molar-refractivity contribution in [2.24, 2.45) is 14.1 Å². The number of hydrogen-bond donors (Lipinski definition) is 2. The van der Waals surface area contributed by atoms with Crippen molar-refractivity contribution < 1.29 is 10.2 Å². The van der Waals surface area contributed by atoms with Crippen LogP contribution in [0.25, 0.3) is 10.8 Å². The molecule has 0 aliphatic carbocycles. The van der Waals surface area contributed by atoms with Gasteiger partial charge in [0.1, 0.15) is 0 Å². The zero-order valence-electron chi connectivity index (χ0n) is 10.8. The van der Waals surface area contributed by atoms with E-state index >= 15 is 0 Å². The van der Waals surface area contributed by atoms with Crippen molar-refractivity contribution >= 4 is 10.8 Å². The summed E-state index contributed by atoms with van der Waals surface area (Å²) in [5.74, 6) is -0.837. The maximum Gasteiger partial charge on any atom is 0.273 e. The van der Waals surface area contributed by atoms with Crippen LogP contribution < -0.4 is 11.1 Å². The molecule has 0 aliphatic rings. The fourth-order valence-corrected chi connectivity index (χ4v) is 1.55. The molecule has 2 N–H and O–H groups in total. The second-order valence-corrected chi connectivity index (χ2v) is 3.54. The highest BCUT2D eigenvalue weighted by molar-refractivity contribution is 5.84. The van der Waals surface area contributed by atoms with E-state index in [4.69, 9.17) is 0 Å². The third-order valence-corrected chi connectivity index (χ3v) is 2.61. The van der Waals surface area contributed by atoms with Crippen LogP contribution in [0, 0.1) is 0 Å². The van der Waals surface area contributed by atoms with Crippen molar-refractivity contribution in [1.82, 2.24) is 9.36 Å². The lowest BCUT2D eigenvalue weighted by Crippen LogP contribution is -2.34. The Labute approximate surface area is 103 Å². The first-order valence-corrected chi connectivity index (χ1v) is 5.55. The van der Waals surface area contributed by atoms with E-state index in [0.29, 0.717) is 0 Å². The van der Waals surface area contributed by atoms with Gasteiger partial charge in [0.2, 0.25) is 0 Å². The number of phenols is 2. The second-order valence-electron chi connectivity index (χ2n) is 3.54. The summed E-state index contributed by atoms with van der Waals surface area (Å²) >= 11 is 0. The molecule has 0 saturated carbocycles.